The molecule has 1 aromatic rings. The lowest BCUT2D eigenvalue weighted by Gasteiger charge is -2.24. The molecule has 0 aromatic heterocycles. The fourth-order valence-corrected chi connectivity index (χ4v) is 3.02. The summed E-state index contributed by atoms with van der Waals surface area (Å²) in [5.74, 6) is 0. The minimum absolute atomic E-state index is 0.976. The average Bonchev–Trinajstić information content (AvgIpc) is 2.19. The zero-order chi connectivity index (χ0) is 11.4. The Balaban J connectivity index is 3.16. The molecule has 0 amide bonds. The van der Waals surface area contributed by atoms with Crippen LogP contribution in [0.25, 0.3) is 0 Å². The van der Waals surface area contributed by atoms with E-state index in [1.165, 1.54) is 11.3 Å². The van der Waals surface area contributed by atoms with Crippen molar-refractivity contribution in [2.75, 3.05) is 18.0 Å². The molecule has 1 rings (SSSR count). The van der Waals surface area contributed by atoms with E-state index >= 15 is 0 Å². The third-order valence-electron chi connectivity index (χ3n) is 2.42. The number of hydrogen-bond acceptors (Lipinski definition) is 1. The van der Waals surface area contributed by atoms with Gasteiger partial charge in [0.15, 0.2) is 0 Å². The summed E-state index contributed by atoms with van der Waals surface area (Å²) in [6.45, 7) is 7.25. The highest BCUT2D eigenvalue weighted by Gasteiger charge is 2.13. The van der Waals surface area contributed by atoms with Crippen molar-refractivity contribution in [1.82, 2.24) is 0 Å². The number of aryl methyl sites for hydroxylation is 1. The average molecular weight is 264 g/mol. The predicted molar refractivity (Wildman–Crippen MR) is 73.0 cm³/mol. The molecular weight excluding hydrogens is 248 g/mol. The van der Waals surface area contributed by atoms with Crippen LogP contribution in [0.3, 0.4) is 0 Å². The van der Waals surface area contributed by atoms with E-state index in [-0.39, 0.29) is 0 Å². The molecule has 0 fully saturated rings. The highest BCUT2D eigenvalue weighted by molar-refractivity contribution is 8.09. The first-order chi connectivity index (χ1) is 7.10. The van der Waals surface area contributed by atoms with Crippen LogP contribution in [0.4, 0.5) is 5.69 Å². The van der Waals surface area contributed by atoms with Crippen LogP contribution in [0.1, 0.15) is 19.4 Å². The van der Waals surface area contributed by atoms with Crippen molar-refractivity contribution in [3.05, 3.63) is 23.8 Å². The van der Waals surface area contributed by atoms with Gasteiger partial charge in [0.05, 0.1) is 0 Å². The van der Waals surface area contributed by atoms with Crippen LogP contribution < -0.4 is 10.2 Å². The fourth-order valence-electron chi connectivity index (χ4n) is 1.59. The highest BCUT2D eigenvalue weighted by Crippen LogP contribution is 2.47. The smallest absolute Gasteiger partial charge is 0.119 e. The maximum absolute atomic E-state index is 6.02. The number of nitrogens with zero attached hydrogens (tertiary/aromatic N) is 1. The van der Waals surface area contributed by atoms with Crippen molar-refractivity contribution >= 4 is 40.1 Å². The van der Waals surface area contributed by atoms with Gasteiger partial charge >= 0.3 is 0 Å². The molecule has 15 heavy (non-hydrogen) atoms. The lowest BCUT2D eigenvalue weighted by atomic mass is 10.2. The van der Waals surface area contributed by atoms with E-state index in [0.29, 0.717) is 0 Å². The summed E-state index contributed by atoms with van der Waals surface area (Å²) >= 11 is 12.0. The largest absolute Gasteiger partial charge is 0.372 e. The molecule has 0 aliphatic carbocycles. The van der Waals surface area contributed by atoms with Gasteiger partial charge in [0.1, 0.15) is 6.63 Å². The SMILES string of the molecule is CCN(CC)c1cc(C)ccc1P(Cl)Cl. The molecule has 0 aliphatic heterocycles. The minimum Gasteiger partial charge on any atom is -0.372 e. The Hall–Kier alpha value is 0.0300. The van der Waals surface area contributed by atoms with Crippen molar-refractivity contribution in [3.63, 3.8) is 0 Å². The summed E-state index contributed by atoms with van der Waals surface area (Å²) in [7, 11) is 0. The quantitative estimate of drug-likeness (QED) is 0.734. The minimum atomic E-state index is -1.07. The van der Waals surface area contributed by atoms with Crippen LogP contribution >= 0.6 is 29.1 Å². The first-order valence-corrected chi connectivity index (χ1v) is 8.22. The van der Waals surface area contributed by atoms with Gasteiger partial charge < -0.3 is 4.90 Å². The molecule has 0 atom stereocenters. The van der Waals surface area contributed by atoms with Gasteiger partial charge in [-0.2, -0.15) is 0 Å². The van der Waals surface area contributed by atoms with Crippen LogP contribution in [0, 0.1) is 6.92 Å². The van der Waals surface area contributed by atoms with E-state index in [1.54, 1.807) is 0 Å². The lowest BCUT2D eigenvalue weighted by Crippen LogP contribution is -2.26. The molecule has 0 unspecified atom stereocenters. The lowest BCUT2D eigenvalue weighted by molar-refractivity contribution is 0.869. The van der Waals surface area contributed by atoms with Gasteiger partial charge in [0.25, 0.3) is 0 Å². The van der Waals surface area contributed by atoms with E-state index in [1.807, 2.05) is 6.07 Å². The van der Waals surface area contributed by atoms with E-state index in [2.05, 4.69) is 37.8 Å². The second-order valence-corrected chi connectivity index (χ2v) is 6.89. The van der Waals surface area contributed by atoms with E-state index < -0.39 is 6.63 Å². The van der Waals surface area contributed by atoms with Crippen LogP contribution in [-0.4, -0.2) is 13.1 Å². The Morgan fingerprint density at radius 1 is 1.20 bits per heavy atom. The van der Waals surface area contributed by atoms with Crippen molar-refractivity contribution in [3.8, 4) is 0 Å². The van der Waals surface area contributed by atoms with Gasteiger partial charge in [-0.3, -0.25) is 0 Å². The maximum Gasteiger partial charge on any atom is 0.119 e. The Morgan fingerprint density at radius 3 is 2.27 bits per heavy atom. The first kappa shape index (κ1) is 13.1. The number of benzene rings is 1. The molecule has 0 N–H and O–H groups in total. The molecule has 84 valence electrons. The van der Waals surface area contributed by atoms with Gasteiger partial charge in [0, 0.05) is 24.1 Å². The van der Waals surface area contributed by atoms with Crippen LogP contribution in [0.5, 0.6) is 0 Å². The van der Waals surface area contributed by atoms with Crippen molar-refractivity contribution < 1.29 is 0 Å². The molecule has 1 aromatic carbocycles. The number of hydrogen-bond donors (Lipinski definition) is 0. The van der Waals surface area contributed by atoms with Gasteiger partial charge in [-0.25, -0.2) is 0 Å². The summed E-state index contributed by atoms with van der Waals surface area (Å²) in [5.41, 5.74) is 2.42. The third-order valence-corrected chi connectivity index (χ3v) is 4.25. The number of anilines is 1. The Bertz CT molecular complexity index is 324. The summed E-state index contributed by atoms with van der Waals surface area (Å²) in [6, 6.07) is 6.25. The normalized spacial score (nSPS) is 10.8. The van der Waals surface area contributed by atoms with Crippen molar-refractivity contribution in [2.24, 2.45) is 0 Å². The third kappa shape index (κ3) is 3.24. The molecule has 0 heterocycles. The topological polar surface area (TPSA) is 3.24 Å². The Kier molecular flexibility index (Phi) is 5.18. The molecule has 0 saturated heterocycles. The Morgan fingerprint density at radius 2 is 1.80 bits per heavy atom. The van der Waals surface area contributed by atoms with Crippen molar-refractivity contribution in [1.29, 1.82) is 0 Å². The molecule has 0 radical (unpaired) electrons. The molecule has 0 spiro atoms. The first-order valence-electron chi connectivity index (χ1n) is 5.07. The number of halogens is 2. The van der Waals surface area contributed by atoms with E-state index in [4.69, 9.17) is 22.5 Å². The summed E-state index contributed by atoms with van der Waals surface area (Å²) < 4.78 is 0. The zero-order valence-corrected chi connectivity index (χ0v) is 11.7. The summed E-state index contributed by atoms with van der Waals surface area (Å²) in [4.78, 5) is 2.28. The van der Waals surface area contributed by atoms with E-state index in [0.717, 1.165) is 18.4 Å². The van der Waals surface area contributed by atoms with Gasteiger partial charge in [-0.1, -0.05) is 28.5 Å². The zero-order valence-electron chi connectivity index (χ0n) is 9.30. The predicted octanol–water partition coefficient (Wildman–Crippen LogP) is 4.26. The molecule has 0 aliphatic rings. The standard InChI is InChI=1S/C11H16Cl2NP/c1-4-14(5-2)10-8-9(3)6-7-11(10)15(12)13/h6-8H,4-5H2,1-3H3. The van der Waals surface area contributed by atoms with Gasteiger partial charge in [-0.05, 0) is 38.5 Å². The van der Waals surface area contributed by atoms with Gasteiger partial charge in [-0.15, -0.1) is 0 Å². The summed E-state index contributed by atoms with van der Waals surface area (Å²) in [5, 5.41) is 1.06. The fraction of sp³-hybridized carbons (Fsp3) is 0.455. The molecular formula is C11H16Cl2NP. The second kappa shape index (κ2) is 5.94. The molecule has 0 bridgehead atoms. The molecule has 1 nitrogen and oxygen atoms in total. The van der Waals surface area contributed by atoms with Gasteiger partial charge in [0.2, 0.25) is 0 Å². The Labute approximate surface area is 103 Å². The molecule has 4 heteroatoms. The molecule has 0 saturated carbocycles. The number of rotatable bonds is 4. The monoisotopic (exact) mass is 263 g/mol. The second-order valence-electron chi connectivity index (χ2n) is 3.40. The van der Waals surface area contributed by atoms with Crippen LogP contribution in [-0.2, 0) is 0 Å². The van der Waals surface area contributed by atoms with E-state index in [9.17, 15) is 0 Å². The van der Waals surface area contributed by atoms with Crippen LogP contribution in [0.2, 0.25) is 0 Å². The van der Waals surface area contributed by atoms with Crippen molar-refractivity contribution in [2.45, 2.75) is 20.8 Å². The van der Waals surface area contributed by atoms with Crippen LogP contribution in [0.15, 0.2) is 18.2 Å². The maximum atomic E-state index is 6.02. The summed E-state index contributed by atoms with van der Waals surface area (Å²) in [6.07, 6.45) is 0. The highest BCUT2D eigenvalue weighted by atomic mass is 35.9.